The van der Waals surface area contributed by atoms with Crippen molar-refractivity contribution in [1.82, 2.24) is 10.3 Å². The van der Waals surface area contributed by atoms with E-state index in [1.165, 1.54) is 44.1 Å². The van der Waals surface area contributed by atoms with Gasteiger partial charge in [0.25, 0.3) is 0 Å². The molecule has 182 valence electrons. The number of aliphatic hydroxyl groups is 1. The zero-order valence-corrected chi connectivity index (χ0v) is 21.9. The van der Waals surface area contributed by atoms with Gasteiger partial charge in [-0.1, -0.05) is 39.8 Å². The largest absolute Gasteiger partial charge is 0.395 e. The van der Waals surface area contributed by atoms with E-state index in [0.29, 0.717) is 23.4 Å². The summed E-state index contributed by atoms with van der Waals surface area (Å²) in [6.07, 6.45) is 9.72. The van der Waals surface area contributed by atoms with Gasteiger partial charge in [0, 0.05) is 36.6 Å². The average Bonchev–Trinajstić information content (AvgIpc) is 3.37. The maximum Gasteiger partial charge on any atom is 0.185 e. The van der Waals surface area contributed by atoms with Crippen LogP contribution in [0.15, 0.2) is 23.6 Å². The maximum absolute atomic E-state index is 9.05. The molecule has 2 aromatic rings. The first-order valence-corrected chi connectivity index (χ1v) is 14.1. The van der Waals surface area contributed by atoms with Crippen LogP contribution in [0.1, 0.15) is 90.2 Å². The van der Waals surface area contributed by atoms with Crippen LogP contribution < -0.4 is 10.2 Å². The van der Waals surface area contributed by atoms with Gasteiger partial charge in [-0.05, 0) is 79.4 Å². The molecule has 0 radical (unpaired) electrons. The first kappa shape index (κ1) is 24.7. The zero-order chi connectivity index (χ0) is 23.5. The molecule has 0 atom stereocenters. The van der Waals surface area contributed by atoms with E-state index in [2.05, 4.69) is 61.5 Å². The van der Waals surface area contributed by atoms with Crippen LogP contribution in [-0.2, 0) is 10.8 Å². The van der Waals surface area contributed by atoms with E-state index in [9.17, 15) is 0 Å². The summed E-state index contributed by atoms with van der Waals surface area (Å²) in [5, 5.41) is 15.9. The van der Waals surface area contributed by atoms with Crippen molar-refractivity contribution in [3.05, 3.63) is 34.7 Å². The summed E-state index contributed by atoms with van der Waals surface area (Å²) in [4.78, 5) is 7.54. The number of piperidine rings is 1. The van der Waals surface area contributed by atoms with E-state index in [1.54, 1.807) is 22.5 Å². The SMILES string of the molecule is CCC1(CC)CCC(CC)(CC)c2cc(-c3csc(N4CCC(NCCO)CC4)n3)ccc21. The Labute approximate surface area is 204 Å². The molecule has 0 amide bonds. The van der Waals surface area contributed by atoms with Crippen molar-refractivity contribution in [2.75, 3.05) is 31.1 Å². The van der Waals surface area contributed by atoms with E-state index in [0.717, 1.165) is 36.8 Å². The molecule has 0 unspecified atom stereocenters. The lowest BCUT2D eigenvalue weighted by molar-refractivity contribution is 0.239. The lowest BCUT2D eigenvalue weighted by atomic mass is 9.57. The summed E-state index contributed by atoms with van der Waals surface area (Å²) in [5.41, 5.74) is 6.27. The third-order valence-electron chi connectivity index (χ3n) is 9.05. The van der Waals surface area contributed by atoms with Crippen LogP contribution in [0.4, 0.5) is 5.13 Å². The second-order valence-electron chi connectivity index (χ2n) is 10.2. The standard InChI is InChI=1S/C28H43N3OS/c1-5-27(6-2)13-14-28(7-3,8-4)24-19-21(9-10-23(24)27)25-20-33-26(30-25)31-16-11-22(12-17-31)29-15-18-32/h9-10,19-20,22,29,32H,5-8,11-18H2,1-4H3. The molecule has 0 bridgehead atoms. The molecule has 0 spiro atoms. The predicted molar refractivity (Wildman–Crippen MR) is 142 cm³/mol. The summed E-state index contributed by atoms with van der Waals surface area (Å²) in [6.45, 7) is 12.5. The second kappa shape index (κ2) is 10.5. The van der Waals surface area contributed by atoms with Crippen molar-refractivity contribution in [3.63, 3.8) is 0 Å². The molecule has 2 aliphatic rings. The Morgan fingerprint density at radius 2 is 1.64 bits per heavy atom. The fourth-order valence-corrected chi connectivity index (χ4v) is 7.30. The highest BCUT2D eigenvalue weighted by Gasteiger charge is 2.43. The van der Waals surface area contributed by atoms with Crippen LogP contribution in [0, 0.1) is 0 Å². The first-order valence-electron chi connectivity index (χ1n) is 13.2. The minimum absolute atomic E-state index is 0.214. The number of hydrogen-bond acceptors (Lipinski definition) is 5. The van der Waals surface area contributed by atoms with Gasteiger partial charge in [-0.2, -0.15) is 0 Å². The highest BCUT2D eigenvalue weighted by atomic mass is 32.1. The van der Waals surface area contributed by atoms with Gasteiger partial charge in [0.05, 0.1) is 12.3 Å². The lowest BCUT2D eigenvalue weighted by Gasteiger charge is -2.48. The third-order valence-corrected chi connectivity index (χ3v) is 9.95. The number of aromatic nitrogens is 1. The van der Waals surface area contributed by atoms with Gasteiger partial charge in [0.2, 0.25) is 0 Å². The van der Waals surface area contributed by atoms with Crippen LogP contribution in [0.2, 0.25) is 0 Å². The molecular formula is C28H43N3OS. The molecule has 1 aromatic carbocycles. The highest BCUT2D eigenvalue weighted by molar-refractivity contribution is 7.14. The molecule has 1 aliphatic heterocycles. The second-order valence-corrected chi connectivity index (χ2v) is 11.0. The van der Waals surface area contributed by atoms with Crippen molar-refractivity contribution in [2.24, 2.45) is 0 Å². The predicted octanol–water partition coefficient (Wildman–Crippen LogP) is 6.27. The van der Waals surface area contributed by atoms with E-state index < -0.39 is 0 Å². The number of benzene rings is 1. The fraction of sp³-hybridized carbons (Fsp3) is 0.679. The average molecular weight is 470 g/mol. The third kappa shape index (κ3) is 4.61. The van der Waals surface area contributed by atoms with Gasteiger partial charge < -0.3 is 15.3 Å². The number of nitrogens with one attached hydrogen (secondary N) is 1. The lowest BCUT2D eigenvalue weighted by Crippen LogP contribution is -2.43. The van der Waals surface area contributed by atoms with E-state index >= 15 is 0 Å². The van der Waals surface area contributed by atoms with Gasteiger partial charge in [0.1, 0.15) is 0 Å². The number of rotatable bonds is 9. The quantitative estimate of drug-likeness (QED) is 0.454. The molecule has 5 heteroatoms. The maximum atomic E-state index is 9.05. The van der Waals surface area contributed by atoms with Crippen LogP contribution >= 0.6 is 11.3 Å². The van der Waals surface area contributed by atoms with Gasteiger partial charge in [-0.3, -0.25) is 0 Å². The minimum atomic E-state index is 0.214. The number of aliphatic hydroxyl groups excluding tert-OH is 1. The van der Waals surface area contributed by atoms with Gasteiger partial charge in [-0.25, -0.2) is 4.98 Å². The minimum Gasteiger partial charge on any atom is -0.395 e. The fourth-order valence-electron chi connectivity index (χ4n) is 6.41. The molecule has 1 aliphatic carbocycles. The summed E-state index contributed by atoms with van der Waals surface area (Å²) < 4.78 is 0. The Morgan fingerprint density at radius 1 is 1.00 bits per heavy atom. The summed E-state index contributed by atoms with van der Waals surface area (Å²) in [7, 11) is 0. The monoisotopic (exact) mass is 469 g/mol. The molecule has 4 rings (SSSR count). The molecule has 0 saturated carbocycles. The number of nitrogens with zero attached hydrogens (tertiary/aromatic N) is 2. The number of thiazole rings is 1. The van der Waals surface area contributed by atoms with Crippen LogP contribution in [0.5, 0.6) is 0 Å². The molecule has 1 fully saturated rings. The summed E-state index contributed by atoms with van der Waals surface area (Å²) in [6, 6.07) is 7.81. The van der Waals surface area contributed by atoms with Crippen LogP contribution in [0.25, 0.3) is 11.3 Å². The smallest absolute Gasteiger partial charge is 0.185 e. The molecule has 33 heavy (non-hydrogen) atoms. The van der Waals surface area contributed by atoms with Gasteiger partial charge in [-0.15, -0.1) is 11.3 Å². The van der Waals surface area contributed by atoms with Crippen molar-refractivity contribution in [2.45, 2.75) is 95.9 Å². The van der Waals surface area contributed by atoms with Crippen molar-refractivity contribution >= 4 is 16.5 Å². The van der Waals surface area contributed by atoms with Gasteiger partial charge >= 0.3 is 0 Å². The normalized spacial score (nSPS) is 20.1. The topological polar surface area (TPSA) is 48.4 Å². The molecule has 4 nitrogen and oxygen atoms in total. The van der Waals surface area contributed by atoms with Crippen molar-refractivity contribution in [1.29, 1.82) is 0 Å². The Kier molecular flexibility index (Phi) is 7.82. The van der Waals surface area contributed by atoms with Gasteiger partial charge in [0.15, 0.2) is 5.13 Å². The summed E-state index contributed by atoms with van der Waals surface area (Å²) >= 11 is 1.78. The highest BCUT2D eigenvalue weighted by Crippen LogP contribution is 2.53. The Balaban J connectivity index is 1.60. The van der Waals surface area contributed by atoms with Crippen LogP contribution in [0.3, 0.4) is 0 Å². The Morgan fingerprint density at radius 3 is 2.24 bits per heavy atom. The number of fused-ring (bicyclic) bond motifs is 1. The van der Waals surface area contributed by atoms with E-state index in [1.807, 2.05) is 0 Å². The molecule has 1 saturated heterocycles. The molecular weight excluding hydrogens is 426 g/mol. The van der Waals surface area contributed by atoms with Crippen molar-refractivity contribution in [3.8, 4) is 11.3 Å². The summed E-state index contributed by atoms with van der Waals surface area (Å²) in [5.74, 6) is 0. The van der Waals surface area contributed by atoms with Crippen molar-refractivity contribution < 1.29 is 5.11 Å². The van der Waals surface area contributed by atoms with E-state index in [-0.39, 0.29) is 6.61 Å². The number of hydrogen-bond donors (Lipinski definition) is 2. The first-order chi connectivity index (χ1) is 16.0. The molecule has 1 aromatic heterocycles. The van der Waals surface area contributed by atoms with E-state index in [4.69, 9.17) is 10.1 Å². The molecule has 2 N–H and O–H groups in total. The zero-order valence-electron chi connectivity index (χ0n) is 21.1. The Bertz CT molecular complexity index is 908. The Hall–Kier alpha value is -1.43. The molecule has 2 heterocycles. The number of anilines is 1. The van der Waals surface area contributed by atoms with Crippen LogP contribution in [-0.4, -0.2) is 42.4 Å².